The average molecular weight is 562 g/mol. The van der Waals surface area contributed by atoms with Crippen LogP contribution in [0.5, 0.6) is 11.5 Å². The van der Waals surface area contributed by atoms with Gasteiger partial charge in [-0.05, 0) is 39.0 Å². The first-order chi connectivity index (χ1) is 18.0. The summed E-state index contributed by atoms with van der Waals surface area (Å²) < 4.78 is 25.2. The number of hydrogen-bond acceptors (Lipinski definition) is 7. The van der Waals surface area contributed by atoms with Crippen LogP contribution < -0.4 is 15.4 Å². The van der Waals surface area contributed by atoms with Gasteiger partial charge in [0, 0.05) is 37.5 Å². The molecule has 0 bridgehead atoms. The number of likely N-dealkylation sites (N-methyl/N-ethyl adjacent to an activating group) is 1. The second-order valence-electron chi connectivity index (χ2n) is 9.74. The Hall–Kier alpha value is -3.99. The van der Waals surface area contributed by atoms with E-state index in [4.69, 9.17) is 21.1 Å². The topological polar surface area (TPSA) is 129 Å². The van der Waals surface area contributed by atoms with Gasteiger partial charge in [-0.2, -0.15) is 0 Å². The van der Waals surface area contributed by atoms with E-state index < -0.39 is 28.3 Å². The van der Waals surface area contributed by atoms with Gasteiger partial charge in [-0.3, -0.25) is 9.78 Å². The van der Waals surface area contributed by atoms with Crippen molar-refractivity contribution in [3.8, 4) is 22.8 Å². The Morgan fingerprint density at radius 2 is 2.05 bits per heavy atom. The van der Waals surface area contributed by atoms with Crippen LogP contribution in [0, 0.1) is 5.82 Å². The molecule has 4 N–H and O–H groups in total. The van der Waals surface area contributed by atoms with Crippen molar-refractivity contribution in [3.05, 3.63) is 52.7 Å². The zero-order valence-electron chi connectivity index (χ0n) is 21.4. The number of H-pyrrole nitrogens is 1. The van der Waals surface area contributed by atoms with E-state index in [1.165, 1.54) is 17.2 Å². The highest BCUT2D eigenvalue weighted by Crippen LogP contribution is 2.43. The fourth-order valence-corrected chi connectivity index (χ4v) is 4.07. The Labute approximate surface area is 231 Å². The standard InChI is InChI=1S/C26H29ClFN5O5.CH4/c1-26(2,3)38-25(36)33(4)11-12-37-18-13-29-9-7-14(18)21-22(19-16(31-21)8-10-30-24(19)35)32-17-6-5-15(28)20(27)23(17)34;/h5-7,9,13,31-32,34H,8,10-12H2,1-4H3,(H,30,35);1H4. The molecule has 1 aliphatic rings. The molecule has 0 fully saturated rings. The summed E-state index contributed by atoms with van der Waals surface area (Å²) in [6.45, 7) is 6.22. The quantitative estimate of drug-likeness (QED) is 0.281. The van der Waals surface area contributed by atoms with Crippen LogP contribution in [0.4, 0.5) is 20.6 Å². The van der Waals surface area contributed by atoms with Gasteiger partial charge in [-0.15, -0.1) is 0 Å². The number of fused-ring (bicyclic) bond motifs is 1. The molecule has 3 aromatic rings. The molecule has 4 rings (SSSR count). The summed E-state index contributed by atoms with van der Waals surface area (Å²) in [6.07, 6.45) is 3.18. The number of aromatic nitrogens is 2. The van der Waals surface area contributed by atoms with Crippen molar-refractivity contribution in [2.45, 2.75) is 40.2 Å². The fourth-order valence-electron chi connectivity index (χ4n) is 3.91. The zero-order chi connectivity index (χ0) is 27.6. The van der Waals surface area contributed by atoms with Gasteiger partial charge < -0.3 is 35.1 Å². The summed E-state index contributed by atoms with van der Waals surface area (Å²) in [5, 5.41) is 15.8. The summed E-state index contributed by atoms with van der Waals surface area (Å²) in [7, 11) is 1.61. The molecule has 2 amide bonds. The number of rotatable bonds is 7. The predicted octanol–water partition coefficient (Wildman–Crippen LogP) is 5.49. The monoisotopic (exact) mass is 561 g/mol. The molecule has 0 radical (unpaired) electrons. The first kappa shape index (κ1) is 29.6. The molecule has 2 aromatic heterocycles. The van der Waals surface area contributed by atoms with Crippen LogP contribution in [0.3, 0.4) is 0 Å². The van der Waals surface area contributed by atoms with Crippen LogP contribution in [0.15, 0.2) is 30.6 Å². The average Bonchev–Trinajstić information content (AvgIpc) is 3.23. The maximum absolute atomic E-state index is 13.8. The highest BCUT2D eigenvalue weighted by atomic mass is 35.5. The third kappa shape index (κ3) is 6.54. The van der Waals surface area contributed by atoms with E-state index in [1.54, 1.807) is 40.1 Å². The van der Waals surface area contributed by atoms with Gasteiger partial charge in [0.15, 0.2) is 5.75 Å². The van der Waals surface area contributed by atoms with Crippen LogP contribution in [-0.2, 0) is 11.2 Å². The third-order valence-electron chi connectivity index (χ3n) is 5.74. The molecule has 0 unspecified atom stereocenters. The molecule has 210 valence electrons. The van der Waals surface area contributed by atoms with Crippen LogP contribution >= 0.6 is 11.6 Å². The van der Waals surface area contributed by atoms with Crippen molar-refractivity contribution in [2.24, 2.45) is 0 Å². The predicted molar refractivity (Wildman–Crippen MR) is 148 cm³/mol. The van der Waals surface area contributed by atoms with E-state index in [-0.39, 0.29) is 32.2 Å². The third-order valence-corrected chi connectivity index (χ3v) is 6.10. The number of phenolic OH excluding ortho intramolecular Hbond substituents is 1. The van der Waals surface area contributed by atoms with Crippen molar-refractivity contribution in [1.82, 2.24) is 20.2 Å². The van der Waals surface area contributed by atoms with E-state index in [9.17, 15) is 19.1 Å². The number of aromatic amines is 1. The molecule has 3 heterocycles. The largest absolute Gasteiger partial charge is 0.504 e. The number of ether oxygens (including phenoxy) is 2. The minimum Gasteiger partial charge on any atom is -0.504 e. The minimum absolute atomic E-state index is 0. The van der Waals surface area contributed by atoms with Gasteiger partial charge in [0.2, 0.25) is 0 Å². The van der Waals surface area contributed by atoms with Crippen LogP contribution in [0.25, 0.3) is 11.3 Å². The number of aromatic hydroxyl groups is 1. The fraction of sp³-hybridized carbons (Fsp3) is 0.370. The van der Waals surface area contributed by atoms with Gasteiger partial charge in [0.25, 0.3) is 5.91 Å². The van der Waals surface area contributed by atoms with E-state index >= 15 is 0 Å². The lowest BCUT2D eigenvalue weighted by molar-refractivity contribution is 0.0278. The lowest BCUT2D eigenvalue weighted by Gasteiger charge is -2.24. The maximum atomic E-state index is 13.8. The molecule has 0 aliphatic carbocycles. The highest BCUT2D eigenvalue weighted by Gasteiger charge is 2.29. The molecule has 39 heavy (non-hydrogen) atoms. The molecular formula is C27H33ClFN5O5. The SMILES string of the molecule is C.CN(CCOc1cnccc1-c1[nH]c2c(c1Nc1ccc(F)c(Cl)c1O)C(=O)NCC2)C(=O)OC(C)(C)C. The van der Waals surface area contributed by atoms with E-state index in [2.05, 4.69) is 20.6 Å². The summed E-state index contributed by atoms with van der Waals surface area (Å²) in [5.41, 5.74) is 1.99. The van der Waals surface area contributed by atoms with Gasteiger partial charge >= 0.3 is 6.09 Å². The summed E-state index contributed by atoms with van der Waals surface area (Å²) in [4.78, 5) is 33.9. The number of halogens is 2. The van der Waals surface area contributed by atoms with Gasteiger partial charge in [0.05, 0.1) is 35.4 Å². The Morgan fingerprint density at radius 3 is 2.77 bits per heavy atom. The molecule has 1 aliphatic heterocycles. The number of anilines is 2. The lowest BCUT2D eigenvalue weighted by atomic mass is 10.0. The smallest absolute Gasteiger partial charge is 0.410 e. The Bertz CT molecular complexity index is 1370. The molecule has 0 saturated heterocycles. The normalized spacial score (nSPS) is 12.6. The Morgan fingerprint density at radius 1 is 1.31 bits per heavy atom. The number of pyridine rings is 1. The number of amides is 2. The number of nitrogens with one attached hydrogen (secondary N) is 3. The van der Waals surface area contributed by atoms with Crippen molar-refractivity contribution in [1.29, 1.82) is 0 Å². The van der Waals surface area contributed by atoms with E-state index in [0.29, 0.717) is 46.9 Å². The van der Waals surface area contributed by atoms with Crippen LogP contribution in [0.1, 0.15) is 44.2 Å². The zero-order valence-corrected chi connectivity index (χ0v) is 22.2. The van der Waals surface area contributed by atoms with Gasteiger partial charge in [-0.1, -0.05) is 19.0 Å². The molecule has 0 atom stereocenters. The Balaban J connectivity index is 0.00000420. The van der Waals surface area contributed by atoms with Crippen molar-refractivity contribution < 1.29 is 28.6 Å². The molecule has 0 saturated carbocycles. The molecule has 12 heteroatoms. The van der Waals surface area contributed by atoms with Crippen LogP contribution in [0.2, 0.25) is 5.02 Å². The first-order valence-corrected chi connectivity index (χ1v) is 12.3. The summed E-state index contributed by atoms with van der Waals surface area (Å²) in [6, 6.07) is 4.16. The second kappa shape index (κ2) is 11.8. The number of benzene rings is 1. The number of phenols is 1. The molecule has 0 spiro atoms. The van der Waals surface area contributed by atoms with E-state index in [0.717, 1.165) is 6.07 Å². The van der Waals surface area contributed by atoms with Crippen LogP contribution in [-0.4, -0.2) is 64.3 Å². The second-order valence-corrected chi connectivity index (χ2v) is 10.1. The summed E-state index contributed by atoms with van der Waals surface area (Å²) in [5.74, 6) is -1.17. The number of carbonyl (C=O) groups is 2. The molecular weight excluding hydrogens is 529 g/mol. The van der Waals surface area contributed by atoms with Crippen molar-refractivity contribution in [3.63, 3.8) is 0 Å². The first-order valence-electron chi connectivity index (χ1n) is 11.9. The van der Waals surface area contributed by atoms with Crippen molar-refractivity contribution >= 4 is 35.0 Å². The highest BCUT2D eigenvalue weighted by molar-refractivity contribution is 6.32. The van der Waals surface area contributed by atoms with Gasteiger partial charge in [0.1, 0.15) is 28.8 Å². The number of hydrogen-bond donors (Lipinski definition) is 4. The number of nitrogens with zero attached hydrogens (tertiary/aromatic N) is 2. The maximum Gasteiger partial charge on any atom is 0.410 e. The molecule has 10 nitrogen and oxygen atoms in total. The van der Waals surface area contributed by atoms with Gasteiger partial charge in [-0.25, -0.2) is 9.18 Å². The number of carbonyl (C=O) groups excluding carboxylic acids is 2. The lowest BCUT2D eigenvalue weighted by Crippen LogP contribution is -2.36. The van der Waals surface area contributed by atoms with Crippen molar-refractivity contribution in [2.75, 3.05) is 32.1 Å². The summed E-state index contributed by atoms with van der Waals surface area (Å²) >= 11 is 5.90. The molecule has 1 aromatic carbocycles. The Kier molecular flexibility index (Phi) is 8.96. The minimum atomic E-state index is -0.773. The van der Waals surface area contributed by atoms with E-state index in [1.807, 2.05) is 0 Å².